The zero-order chi connectivity index (χ0) is 17.0. The zero-order valence-electron chi connectivity index (χ0n) is 13.3. The number of carboxylic acid groups (broad SMARTS) is 1. The predicted molar refractivity (Wildman–Crippen MR) is 85.4 cm³/mol. The highest BCUT2D eigenvalue weighted by Gasteiger charge is 2.38. The van der Waals surface area contributed by atoms with Crippen molar-refractivity contribution >= 4 is 16.2 Å². The van der Waals surface area contributed by atoms with Gasteiger partial charge >= 0.3 is 5.97 Å². The third kappa shape index (κ3) is 4.01. The number of hydrogen-bond donors (Lipinski definition) is 1. The predicted octanol–water partition coefficient (Wildman–Crippen LogP) is 1.31. The SMILES string of the molecule is COc1cccc(CN(C)S(=O)(=O)N2CCCCC2C(=O)O)c1. The smallest absolute Gasteiger partial charge is 0.322 e. The molecule has 8 heteroatoms. The monoisotopic (exact) mass is 342 g/mol. The first-order valence-corrected chi connectivity index (χ1v) is 8.85. The Bertz CT molecular complexity index is 662. The van der Waals surface area contributed by atoms with E-state index in [4.69, 9.17) is 4.74 Å². The quantitative estimate of drug-likeness (QED) is 0.842. The molecule has 2 rings (SSSR count). The fourth-order valence-corrected chi connectivity index (χ4v) is 4.26. The van der Waals surface area contributed by atoms with Gasteiger partial charge in [-0.2, -0.15) is 17.0 Å². The van der Waals surface area contributed by atoms with E-state index in [1.807, 2.05) is 0 Å². The van der Waals surface area contributed by atoms with E-state index in [0.717, 1.165) is 16.3 Å². The van der Waals surface area contributed by atoms with E-state index < -0.39 is 22.2 Å². The van der Waals surface area contributed by atoms with Crippen LogP contribution in [0.5, 0.6) is 5.75 Å². The van der Waals surface area contributed by atoms with Crippen molar-refractivity contribution in [3.05, 3.63) is 29.8 Å². The van der Waals surface area contributed by atoms with Gasteiger partial charge < -0.3 is 9.84 Å². The second-order valence-electron chi connectivity index (χ2n) is 5.58. The molecule has 128 valence electrons. The number of nitrogens with zero attached hydrogens (tertiary/aromatic N) is 2. The maximum absolute atomic E-state index is 12.7. The van der Waals surface area contributed by atoms with E-state index in [1.54, 1.807) is 31.4 Å². The standard InChI is InChI=1S/C15H22N2O5S/c1-16(11-12-6-5-7-13(10-12)22-2)23(20,21)17-9-4-3-8-14(17)15(18)19/h5-7,10,14H,3-4,8-9,11H2,1-2H3,(H,18,19). The van der Waals surface area contributed by atoms with Crippen LogP contribution in [-0.4, -0.2) is 54.8 Å². The number of methoxy groups -OCH3 is 1. The number of piperidine rings is 1. The second-order valence-corrected chi connectivity index (χ2v) is 7.56. The van der Waals surface area contributed by atoms with E-state index in [9.17, 15) is 18.3 Å². The Labute approximate surface area is 136 Å². The van der Waals surface area contributed by atoms with Gasteiger partial charge in [0, 0.05) is 20.1 Å². The van der Waals surface area contributed by atoms with E-state index in [-0.39, 0.29) is 13.1 Å². The van der Waals surface area contributed by atoms with Crippen LogP contribution < -0.4 is 4.74 Å². The normalized spacial score (nSPS) is 19.7. The van der Waals surface area contributed by atoms with Gasteiger partial charge in [-0.05, 0) is 37.0 Å². The van der Waals surface area contributed by atoms with Crippen LogP contribution in [-0.2, 0) is 21.5 Å². The summed E-state index contributed by atoms with van der Waals surface area (Å²) in [4.78, 5) is 11.3. The largest absolute Gasteiger partial charge is 0.497 e. The molecule has 1 saturated heterocycles. The molecule has 1 unspecified atom stereocenters. The maximum Gasteiger partial charge on any atom is 0.322 e. The Kier molecular flexibility index (Phi) is 5.61. The minimum atomic E-state index is -3.83. The first-order chi connectivity index (χ1) is 10.9. The molecule has 1 N–H and O–H groups in total. The molecule has 1 aliphatic heterocycles. The Hall–Kier alpha value is -1.64. The third-order valence-corrected chi connectivity index (χ3v) is 5.91. The number of benzene rings is 1. The summed E-state index contributed by atoms with van der Waals surface area (Å²) >= 11 is 0. The lowest BCUT2D eigenvalue weighted by atomic mass is 10.1. The molecule has 0 aliphatic carbocycles. The van der Waals surface area contributed by atoms with Gasteiger partial charge in [-0.25, -0.2) is 0 Å². The first kappa shape index (κ1) is 17.7. The molecule has 1 atom stereocenters. The summed E-state index contributed by atoms with van der Waals surface area (Å²) in [7, 11) is -0.822. The molecule has 0 aromatic heterocycles. The molecular formula is C15H22N2O5S. The summed E-state index contributed by atoms with van der Waals surface area (Å²) in [5.41, 5.74) is 0.777. The number of aliphatic carboxylic acids is 1. The zero-order valence-corrected chi connectivity index (χ0v) is 14.1. The molecular weight excluding hydrogens is 320 g/mol. The van der Waals surface area contributed by atoms with Gasteiger partial charge in [-0.3, -0.25) is 4.79 Å². The molecule has 0 bridgehead atoms. The number of ether oxygens (including phenoxy) is 1. The molecule has 0 spiro atoms. The number of hydrogen-bond acceptors (Lipinski definition) is 4. The molecule has 1 aromatic carbocycles. The molecule has 1 fully saturated rings. The Morgan fingerprint density at radius 1 is 1.43 bits per heavy atom. The minimum absolute atomic E-state index is 0.155. The van der Waals surface area contributed by atoms with E-state index in [0.29, 0.717) is 18.6 Å². The molecule has 0 saturated carbocycles. The lowest BCUT2D eigenvalue weighted by molar-refractivity contribution is -0.142. The van der Waals surface area contributed by atoms with Crippen molar-refractivity contribution in [2.24, 2.45) is 0 Å². The van der Waals surface area contributed by atoms with Crippen LogP contribution in [0.1, 0.15) is 24.8 Å². The van der Waals surface area contributed by atoms with Crippen molar-refractivity contribution in [3.8, 4) is 5.75 Å². The second kappa shape index (κ2) is 7.29. The summed E-state index contributed by atoms with van der Waals surface area (Å²) in [5.74, 6) is -0.447. The number of carboxylic acids is 1. The fraction of sp³-hybridized carbons (Fsp3) is 0.533. The summed E-state index contributed by atoms with van der Waals surface area (Å²) in [6, 6.07) is 6.15. The fourth-order valence-electron chi connectivity index (χ4n) is 2.72. The average Bonchev–Trinajstić information content (AvgIpc) is 2.54. The minimum Gasteiger partial charge on any atom is -0.497 e. The Morgan fingerprint density at radius 3 is 2.83 bits per heavy atom. The van der Waals surface area contributed by atoms with Gasteiger partial charge in [-0.15, -0.1) is 0 Å². The van der Waals surface area contributed by atoms with Crippen molar-refractivity contribution in [1.82, 2.24) is 8.61 Å². The highest BCUT2D eigenvalue weighted by Crippen LogP contribution is 2.24. The highest BCUT2D eigenvalue weighted by atomic mass is 32.2. The summed E-state index contributed by atoms with van der Waals surface area (Å²) in [6.07, 6.45) is 1.75. The molecule has 1 heterocycles. The van der Waals surface area contributed by atoms with Crippen LogP contribution in [0.15, 0.2) is 24.3 Å². The van der Waals surface area contributed by atoms with Crippen molar-refractivity contribution in [3.63, 3.8) is 0 Å². The molecule has 23 heavy (non-hydrogen) atoms. The highest BCUT2D eigenvalue weighted by molar-refractivity contribution is 7.86. The Balaban J connectivity index is 2.18. The molecule has 7 nitrogen and oxygen atoms in total. The van der Waals surface area contributed by atoms with Crippen LogP contribution in [0.4, 0.5) is 0 Å². The van der Waals surface area contributed by atoms with E-state index >= 15 is 0 Å². The van der Waals surface area contributed by atoms with E-state index in [1.165, 1.54) is 11.4 Å². The van der Waals surface area contributed by atoms with Gasteiger partial charge in [0.05, 0.1) is 7.11 Å². The first-order valence-electron chi connectivity index (χ1n) is 7.45. The van der Waals surface area contributed by atoms with Gasteiger partial charge in [-0.1, -0.05) is 12.1 Å². The molecule has 0 radical (unpaired) electrons. The summed E-state index contributed by atoms with van der Waals surface area (Å²) in [5, 5.41) is 9.27. The molecule has 1 aliphatic rings. The van der Waals surface area contributed by atoms with Gasteiger partial charge in [0.1, 0.15) is 11.8 Å². The Morgan fingerprint density at radius 2 is 2.17 bits per heavy atom. The van der Waals surface area contributed by atoms with Crippen LogP contribution in [0, 0.1) is 0 Å². The van der Waals surface area contributed by atoms with Gasteiger partial charge in [0.15, 0.2) is 0 Å². The van der Waals surface area contributed by atoms with Crippen LogP contribution in [0.2, 0.25) is 0 Å². The summed E-state index contributed by atoms with van der Waals surface area (Å²) < 4.78 is 32.8. The van der Waals surface area contributed by atoms with Crippen LogP contribution in [0.3, 0.4) is 0 Å². The maximum atomic E-state index is 12.7. The van der Waals surface area contributed by atoms with Crippen molar-refractivity contribution < 1.29 is 23.1 Å². The van der Waals surface area contributed by atoms with Gasteiger partial charge in [0.2, 0.25) is 0 Å². The van der Waals surface area contributed by atoms with Crippen molar-refractivity contribution in [2.45, 2.75) is 31.8 Å². The average molecular weight is 342 g/mol. The number of rotatable bonds is 6. The van der Waals surface area contributed by atoms with E-state index in [2.05, 4.69) is 0 Å². The lowest BCUT2D eigenvalue weighted by Gasteiger charge is -2.34. The lowest BCUT2D eigenvalue weighted by Crippen LogP contribution is -2.52. The van der Waals surface area contributed by atoms with Crippen molar-refractivity contribution in [1.29, 1.82) is 0 Å². The third-order valence-electron chi connectivity index (χ3n) is 3.97. The molecule has 0 amide bonds. The van der Waals surface area contributed by atoms with Gasteiger partial charge in [0.25, 0.3) is 10.2 Å². The van der Waals surface area contributed by atoms with Crippen molar-refractivity contribution in [2.75, 3.05) is 20.7 Å². The van der Waals surface area contributed by atoms with Crippen LogP contribution in [0.25, 0.3) is 0 Å². The number of carbonyl (C=O) groups is 1. The van der Waals surface area contributed by atoms with Crippen LogP contribution >= 0.6 is 0 Å². The summed E-state index contributed by atoms with van der Waals surface area (Å²) in [6.45, 7) is 0.393. The topological polar surface area (TPSA) is 87.2 Å². The molecule has 1 aromatic rings.